The Morgan fingerprint density at radius 2 is 1.89 bits per heavy atom. The van der Waals surface area contributed by atoms with Crippen LogP contribution in [0.5, 0.6) is 0 Å². The normalized spacial score (nSPS) is 15.7. The summed E-state index contributed by atoms with van der Waals surface area (Å²) in [5.41, 5.74) is 1.35. The molecule has 0 aliphatic carbocycles. The smallest absolute Gasteiger partial charge is 0.270 e. The van der Waals surface area contributed by atoms with Crippen LogP contribution in [-0.4, -0.2) is 10.2 Å². The molecule has 3 nitrogen and oxygen atoms in total. The van der Waals surface area contributed by atoms with E-state index in [1.807, 2.05) is 0 Å². The lowest BCUT2D eigenvalue weighted by Crippen LogP contribution is -2.27. The Bertz CT molecular complexity index is 1130. The van der Waals surface area contributed by atoms with Gasteiger partial charge in [0, 0.05) is 16.1 Å². The number of hydrogen-bond donors (Lipinski definition) is 0. The van der Waals surface area contributed by atoms with E-state index in [-0.39, 0.29) is 11.7 Å². The molecule has 0 bridgehead atoms. The molecule has 0 spiro atoms. The SMILES string of the molecule is O=C1/C(=C/c2ccc(-c3ccc(F)cc3)o2)SC(=S)N1c1ccc(Br)c(Cl)c1. The van der Waals surface area contributed by atoms with Crippen molar-refractivity contribution in [2.45, 2.75) is 0 Å². The van der Waals surface area contributed by atoms with Gasteiger partial charge in [-0.15, -0.1) is 0 Å². The van der Waals surface area contributed by atoms with Crippen molar-refractivity contribution in [1.29, 1.82) is 0 Å². The minimum Gasteiger partial charge on any atom is -0.457 e. The van der Waals surface area contributed by atoms with Gasteiger partial charge in [0.1, 0.15) is 17.3 Å². The van der Waals surface area contributed by atoms with Crippen LogP contribution in [-0.2, 0) is 4.79 Å². The van der Waals surface area contributed by atoms with Crippen LogP contribution in [0.25, 0.3) is 17.4 Å². The van der Waals surface area contributed by atoms with Gasteiger partial charge in [-0.2, -0.15) is 0 Å². The number of rotatable bonds is 3. The summed E-state index contributed by atoms with van der Waals surface area (Å²) in [6.07, 6.45) is 1.65. The Morgan fingerprint density at radius 1 is 1.14 bits per heavy atom. The van der Waals surface area contributed by atoms with Gasteiger partial charge in [-0.05, 0) is 70.5 Å². The minimum absolute atomic E-state index is 0.242. The molecule has 1 saturated heterocycles. The van der Waals surface area contributed by atoms with Crippen LogP contribution in [0.4, 0.5) is 10.1 Å². The molecule has 8 heteroatoms. The van der Waals surface area contributed by atoms with Gasteiger partial charge >= 0.3 is 0 Å². The quantitative estimate of drug-likeness (QED) is 0.293. The molecule has 1 aliphatic rings. The summed E-state index contributed by atoms with van der Waals surface area (Å²) in [6.45, 7) is 0. The molecule has 1 aliphatic heterocycles. The topological polar surface area (TPSA) is 33.5 Å². The predicted molar refractivity (Wildman–Crippen MR) is 119 cm³/mol. The van der Waals surface area contributed by atoms with Gasteiger partial charge in [0.25, 0.3) is 5.91 Å². The van der Waals surface area contributed by atoms with E-state index < -0.39 is 0 Å². The van der Waals surface area contributed by atoms with E-state index in [9.17, 15) is 9.18 Å². The highest BCUT2D eigenvalue weighted by Crippen LogP contribution is 2.38. The van der Waals surface area contributed by atoms with Crippen LogP contribution in [0.2, 0.25) is 5.02 Å². The van der Waals surface area contributed by atoms with Crippen molar-refractivity contribution in [2.75, 3.05) is 4.90 Å². The van der Waals surface area contributed by atoms with Gasteiger partial charge in [0.2, 0.25) is 0 Å². The van der Waals surface area contributed by atoms with Crippen molar-refractivity contribution in [3.05, 3.63) is 80.6 Å². The zero-order chi connectivity index (χ0) is 19.8. The molecule has 1 amide bonds. The highest BCUT2D eigenvalue weighted by molar-refractivity contribution is 9.10. The summed E-state index contributed by atoms with van der Waals surface area (Å²) in [5.74, 6) is 0.537. The summed E-state index contributed by atoms with van der Waals surface area (Å²) in [6, 6.07) is 14.7. The molecule has 1 fully saturated rings. The molecule has 28 heavy (non-hydrogen) atoms. The molecule has 0 N–H and O–H groups in total. The number of halogens is 3. The van der Waals surface area contributed by atoms with Crippen LogP contribution >= 0.6 is 51.5 Å². The van der Waals surface area contributed by atoms with Crippen LogP contribution < -0.4 is 4.90 Å². The van der Waals surface area contributed by atoms with Crippen molar-refractivity contribution < 1.29 is 13.6 Å². The Kier molecular flexibility index (Phi) is 5.42. The van der Waals surface area contributed by atoms with Crippen molar-refractivity contribution >= 4 is 73.5 Å². The van der Waals surface area contributed by atoms with Gasteiger partial charge in [-0.25, -0.2) is 4.39 Å². The largest absolute Gasteiger partial charge is 0.457 e. The zero-order valence-electron chi connectivity index (χ0n) is 14.0. The summed E-state index contributed by atoms with van der Waals surface area (Å²) >= 11 is 16.0. The average Bonchev–Trinajstić information content (AvgIpc) is 3.23. The summed E-state index contributed by atoms with van der Waals surface area (Å²) in [4.78, 5) is 14.7. The third-order valence-corrected chi connectivity index (χ3v) is 6.52. The highest BCUT2D eigenvalue weighted by Gasteiger charge is 2.33. The molecular formula is C20H10BrClFNO2S2. The van der Waals surface area contributed by atoms with Gasteiger partial charge < -0.3 is 4.42 Å². The van der Waals surface area contributed by atoms with E-state index in [0.717, 1.165) is 10.0 Å². The monoisotopic (exact) mass is 493 g/mol. The van der Waals surface area contributed by atoms with E-state index in [0.29, 0.717) is 31.5 Å². The Hall–Kier alpha value is -1.93. The number of furan rings is 1. The maximum Gasteiger partial charge on any atom is 0.270 e. The predicted octanol–water partition coefficient (Wildman–Crippen LogP) is 6.91. The number of carbonyl (C=O) groups excluding carboxylic acids is 1. The van der Waals surface area contributed by atoms with Crippen molar-refractivity contribution in [2.24, 2.45) is 0 Å². The molecule has 1 aromatic heterocycles. The number of anilines is 1. The van der Waals surface area contributed by atoms with Crippen LogP contribution in [0, 0.1) is 5.82 Å². The second kappa shape index (κ2) is 7.83. The lowest BCUT2D eigenvalue weighted by Gasteiger charge is -2.15. The number of benzene rings is 2. The van der Waals surface area contributed by atoms with Crippen LogP contribution in [0.15, 0.2) is 68.4 Å². The molecule has 2 heterocycles. The highest BCUT2D eigenvalue weighted by atomic mass is 79.9. The van der Waals surface area contributed by atoms with E-state index in [2.05, 4.69) is 15.9 Å². The Morgan fingerprint density at radius 3 is 2.61 bits per heavy atom. The molecule has 140 valence electrons. The van der Waals surface area contributed by atoms with E-state index in [1.165, 1.54) is 28.8 Å². The number of thioether (sulfide) groups is 1. The van der Waals surface area contributed by atoms with Crippen molar-refractivity contribution in [3.8, 4) is 11.3 Å². The Labute approximate surface area is 183 Å². The zero-order valence-corrected chi connectivity index (χ0v) is 18.0. The second-order valence-corrected chi connectivity index (χ2v) is 8.76. The fraction of sp³-hybridized carbons (Fsp3) is 0. The summed E-state index contributed by atoms with van der Waals surface area (Å²) < 4.78 is 20.0. The lowest BCUT2D eigenvalue weighted by molar-refractivity contribution is -0.113. The molecule has 3 aromatic rings. The maximum absolute atomic E-state index is 13.1. The van der Waals surface area contributed by atoms with Gasteiger partial charge in [0.15, 0.2) is 4.32 Å². The first-order valence-electron chi connectivity index (χ1n) is 8.01. The first kappa shape index (κ1) is 19.4. The number of thiocarbonyl (C=S) groups is 1. The first-order valence-corrected chi connectivity index (χ1v) is 10.4. The third-order valence-electron chi connectivity index (χ3n) is 3.98. The first-order chi connectivity index (χ1) is 13.4. The van der Waals surface area contributed by atoms with E-state index in [1.54, 1.807) is 48.5 Å². The van der Waals surface area contributed by atoms with Crippen LogP contribution in [0.1, 0.15) is 5.76 Å². The Balaban J connectivity index is 1.61. The fourth-order valence-corrected chi connectivity index (χ4v) is 4.34. The molecule has 2 aromatic carbocycles. The van der Waals surface area contributed by atoms with Crippen molar-refractivity contribution in [1.82, 2.24) is 0 Å². The minimum atomic E-state index is -0.313. The van der Waals surface area contributed by atoms with Crippen LogP contribution in [0.3, 0.4) is 0 Å². The number of hydrogen-bond acceptors (Lipinski definition) is 4. The van der Waals surface area contributed by atoms with Gasteiger partial charge in [-0.1, -0.05) is 35.6 Å². The molecular weight excluding hydrogens is 485 g/mol. The van der Waals surface area contributed by atoms with E-state index >= 15 is 0 Å². The van der Waals surface area contributed by atoms with E-state index in [4.69, 9.17) is 28.2 Å². The summed E-state index contributed by atoms with van der Waals surface area (Å²) in [5, 5.41) is 0.491. The number of carbonyl (C=O) groups is 1. The van der Waals surface area contributed by atoms with Crippen molar-refractivity contribution in [3.63, 3.8) is 0 Å². The average molecular weight is 495 g/mol. The standard InChI is InChI=1S/C20H10BrClFNO2S2/c21-15-7-5-13(9-16(15)22)24-19(25)18(28-20(24)27)10-14-6-8-17(26-14)11-1-3-12(23)4-2-11/h1-10H/b18-10-. The third kappa shape index (κ3) is 3.80. The molecule has 0 atom stereocenters. The molecule has 4 rings (SSSR count). The molecule has 0 saturated carbocycles. The van der Waals surface area contributed by atoms with Gasteiger partial charge in [0.05, 0.1) is 15.6 Å². The van der Waals surface area contributed by atoms with Gasteiger partial charge in [-0.3, -0.25) is 9.69 Å². The number of nitrogens with zero attached hydrogens (tertiary/aromatic N) is 1. The summed E-state index contributed by atoms with van der Waals surface area (Å²) in [7, 11) is 0. The lowest BCUT2D eigenvalue weighted by atomic mass is 10.2. The second-order valence-electron chi connectivity index (χ2n) is 5.82. The maximum atomic E-state index is 13.1. The number of amides is 1. The fourth-order valence-electron chi connectivity index (χ4n) is 2.64. The molecule has 0 unspecified atom stereocenters. The molecule has 0 radical (unpaired) electrons.